The monoisotopic (exact) mass is 978 g/mol. The molecule has 13 N–H and O–H groups in total. The number of carbonyl (C=O) groups is 1. The lowest BCUT2D eigenvalue weighted by Gasteiger charge is -2.45. The summed E-state index contributed by atoms with van der Waals surface area (Å²) in [6.07, 6.45) is -25.5. The number of aromatic hydroxyl groups is 3. The van der Waals surface area contributed by atoms with Crippen molar-refractivity contribution in [1.29, 1.82) is 0 Å². The van der Waals surface area contributed by atoms with Gasteiger partial charge in [0.2, 0.25) is 29.5 Å². The summed E-state index contributed by atoms with van der Waals surface area (Å²) < 4.78 is 56.3. The van der Waals surface area contributed by atoms with E-state index in [9.17, 15) is 76.0 Å². The average Bonchev–Trinajstić information content (AvgIpc) is 3.33. The van der Waals surface area contributed by atoms with Crippen LogP contribution < -0.4 is 24.4 Å². The molecule has 4 aromatic rings. The lowest BCUT2D eigenvalue weighted by molar-refractivity contribution is -0.358. The molecule has 0 radical (unpaired) electrons. The maximum absolute atomic E-state index is 14.5. The standard InChI is InChI=1S/C44H50O25/c1-60-22-9-16(10-23(61-2)29(22)51)3-8-27(50)67-40-35(57)31(53)25(14-46)65-43(40)62-19-11-20(49)28-21(12-19)63-38(17-4-6-18(48)7-5-17)39(33(28)55)68-44-41(36(58)32(54)26(15-47)66-44)69-42-37(59)34(56)30(52)24(13-45)64-42/h3-12,24-26,30-32,34-37,40-49,51-54,56-59H,13-15H2,1-2H3/b8-3+/t24-,25-,26-,30-,31-,32-,34+,35+,36+,37-,40-,41-,42+,43-,44-/m1/s1. The number of benzene rings is 3. The summed E-state index contributed by atoms with van der Waals surface area (Å²) in [7, 11) is 2.59. The van der Waals surface area contributed by atoms with Crippen molar-refractivity contribution in [2.75, 3.05) is 34.0 Å². The molecule has 0 saturated carbocycles. The van der Waals surface area contributed by atoms with Gasteiger partial charge in [-0.3, -0.25) is 4.79 Å². The molecule has 3 aliphatic rings. The molecule has 69 heavy (non-hydrogen) atoms. The number of hydrogen-bond donors (Lipinski definition) is 13. The van der Waals surface area contributed by atoms with Crippen molar-refractivity contribution >= 4 is 23.0 Å². The third kappa shape index (κ3) is 10.4. The van der Waals surface area contributed by atoms with Crippen LogP contribution in [0.1, 0.15) is 5.56 Å². The van der Waals surface area contributed by atoms with Crippen LogP contribution in [0.3, 0.4) is 0 Å². The summed E-state index contributed by atoms with van der Waals surface area (Å²) in [5.74, 6) is -4.05. The van der Waals surface area contributed by atoms with E-state index in [1.165, 1.54) is 56.7 Å². The Morgan fingerprint density at radius 3 is 1.75 bits per heavy atom. The zero-order valence-electron chi connectivity index (χ0n) is 36.3. The zero-order chi connectivity index (χ0) is 50.0. The van der Waals surface area contributed by atoms with Crippen molar-refractivity contribution in [1.82, 2.24) is 0 Å². The molecule has 0 spiro atoms. The number of phenolic OH excluding ortho intramolecular Hbond substituents is 3. The summed E-state index contributed by atoms with van der Waals surface area (Å²) >= 11 is 0. The van der Waals surface area contributed by atoms with Gasteiger partial charge in [-0.15, -0.1) is 0 Å². The Bertz CT molecular complexity index is 2490. The Kier molecular flexibility index (Phi) is 15.8. The summed E-state index contributed by atoms with van der Waals surface area (Å²) in [4.78, 5) is 27.7. The number of carbonyl (C=O) groups excluding carboxylic acids is 1. The van der Waals surface area contributed by atoms with Crippen molar-refractivity contribution in [3.8, 4) is 51.6 Å². The Morgan fingerprint density at radius 2 is 1.19 bits per heavy atom. The smallest absolute Gasteiger partial charge is 0.331 e. The summed E-state index contributed by atoms with van der Waals surface area (Å²) in [6, 6.07) is 9.67. The van der Waals surface area contributed by atoms with Crippen LogP contribution in [0.2, 0.25) is 0 Å². The van der Waals surface area contributed by atoms with Gasteiger partial charge in [0.15, 0.2) is 35.8 Å². The Labute approximate surface area is 388 Å². The van der Waals surface area contributed by atoms with E-state index < -0.39 is 152 Å². The van der Waals surface area contributed by atoms with E-state index in [1.807, 2.05) is 0 Å². The van der Waals surface area contributed by atoms with Crippen LogP contribution in [0.5, 0.6) is 40.2 Å². The molecule has 0 unspecified atom stereocenters. The van der Waals surface area contributed by atoms with Gasteiger partial charge in [-0.2, -0.15) is 0 Å². The lowest BCUT2D eigenvalue weighted by Crippen LogP contribution is -2.65. The van der Waals surface area contributed by atoms with E-state index in [0.717, 1.165) is 18.2 Å². The van der Waals surface area contributed by atoms with Crippen LogP contribution in [-0.4, -0.2) is 199 Å². The van der Waals surface area contributed by atoms with Gasteiger partial charge in [-0.25, -0.2) is 4.79 Å². The lowest BCUT2D eigenvalue weighted by atomic mass is 9.97. The number of fused-ring (bicyclic) bond motifs is 1. The van der Waals surface area contributed by atoms with Crippen molar-refractivity contribution < 1.29 is 118 Å². The zero-order valence-corrected chi connectivity index (χ0v) is 36.3. The molecule has 3 saturated heterocycles. The fourth-order valence-corrected chi connectivity index (χ4v) is 7.74. The van der Waals surface area contributed by atoms with Crippen molar-refractivity contribution in [2.24, 2.45) is 0 Å². The predicted octanol–water partition coefficient (Wildman–Crippen LogP) is -2.96. The SMILES string of the molecule is COc1cc(/C=C/C(=O)O[C@H]2[C@H](Oc3cc(O)c4c(=O)c(O[C@H]5O[C@H](CO)[C@@H](O)[C@H](O)[C@H]5O[C@@H]5O[C@H](CO)[C@@H](O)[C@H](O)[C@H]5O)c(-c5ccc(O)cc5)oc4c3)O[C@H](CO)[C@@H](O)[C@@H]2O)cc(OC)c1O. The van der Waals surface area contributed by atoms with Gasteiger partial charge in [0.1, 0.15) is 89.3 Å². The molecule has 1 aromatic heterocycles. The fraction of sp³-hybridized carbons (Fsp3) is 0.455. The highest BCUT2D eigenvalue weighted by molar-refractivity contribution is 5.89. The van der Waals surface area contributed by atoms with Crippen LogP contribution in [-0.2, 0) is 28.5 Å². The van der Waals surface area contributed by atoms with E-state index in [-0.39, 0.29) is 34.3 Å². The normalized spacial score (nSPS) is 31.6. The largest absolute Gasteiger partial charge is 0.508 e. The third-order valence-corrected chi connectivity index (χ3v) is 11.5. The quantitative estimate of drug-likeness (QED) is 0.0418. The van der Waals surface area contributed by atoms with Crippen LogP contribution in [0.25, 0.3) is 28.4 Å². The highest BCUT2D eigenvalue weighted by Gasteiger charge is 2.52. The first-order valence-corrected chi connectivity index (χ1v) is 20.9. The average molecular weight is 979 g/mol. The third-order valence-electron chi connectivity index (χ3n) is 11.5. The van der Waals surface area contributed by atoms with E-state index in [4.69, 9.17) is 47.0 Å². The number of aliphatic hydroxyl groups is 10. The molecule has 0 bridgehead atoms. The number of ether oxygens (including phenoxy) is 9. The molecule has 376 valence electrons. The Morgan fingerprint density at radius 1 is 0.652 bits per heavy atom. The molecule has 7 rings (SSSR count). The molecule has 15 atom stereocenters. The molecule has 3 aliphatic heterocycles. The summed E-state index contributed by atoms with van der Waals surface area (Å²) in [5, 5.41) is 136. The van der Waals surface area contributed by atoms with Gasteiger partial charge < -0.3 is 113 Å². The topological polar surface area (TPSA) is 393 Å². The summed E-state index contributed by atoms with van der Waals surface area (Å²) in [6.45, 7) is -2.64. The van der Waals surface area contributed by atoms with Crippen LogP contribution in [0.4, 0.5) is 0 Å². The van der Waals surface area contributed by atoms with E-state index >= 15 is 0 Å². The molecule has 0 amide bonds. The van der Waals surface area contributed by atoms with Crippen molar-refractivity contribution in [3.05, 3.63) is 70.4 Å². The van der Waals surface area contributed by atoms with Crippen LogP contribution >= 0.6 is 0 Å². The highest BCUT2D eigenvalue weighted by Crippen LogP contribution is 2.40. The number of methoxy groups -OCH3 is 2. The van der Waals surface area contributed by atoms with Gasteiger partial charge in [0, 0.05) is 23.8 Å². The maximum Gasteiger partial charge on any atom is 0.331 e. The molecule has 0 aliphatic carbocycles. The van der Waals surface area contributed by atoms with E-state index in [0.29, 0.717) is 5.56 Å². The number of phenols is 3. The van der Waals surface area contributed by atoms with Gasteiger partial charge in [0.05, 0.1) is 34.0 Å². The molecule has 25 nitrogen and oxygen atoms in total. The van der Waals surface area contributed by atoms with E-state index in [2.05, 4.69) is 0 Å². The van der Waals surface area contributed by atoms with Crippen LogP contribution in [0.15, 0.2) is 63.8 Å². The van der Waals surface area contributed by atoms with Gasteiger partial charge in [0.25, 0.3) is 0 Å². The Balaban J connectivity index is 1.23. The minimum Gasteiger partial charge on any atom is -0.508 e. The molecule has 4 heterocycles. The summed E-state index contributed by atoms with van der Waals surface area (Å²) in [5.41, 5.74) is -1.25. The second-order valence-corrected chi connectivity index (χ2v) is 15.9. The first kappa shape index (κ1) is 51.0. The fourth-order valence-electron chi connectivity index (χ4n) is 7.74. The Hall–Kier alpha value is -5.88. The minimum absolute atomic E-state index is 0.0156. The predicted molar refractivity (Wildman–Crippen MR) is 227 cm³/mol. The van der Waals surface area contributed by atoms with Crippen LogP contribution in [0, 0.1) is 0 Å². The molecular weight excluding hydrogens is 928 g/mol. The maximum atomic E-state index is 14.5. The molecule has 25 heteroatoms. The minimum atomic E-state index is -2.05. The van der Waals surface area contributed by atoms with E-state index in [1.54, 1.807) is 0 Å². The number of esters is 1. The molecular formula is C44H50O25. The highest BCUT2D eigenvalue weighted by atomic mass is 16.8. The first-order valence-electron chi connectivity index (χ1n) is 20.9. The van der Waals surface area contributed by atoms with Gasteiger partial charge in [-0.05, 0) is 48.0 Å². The number of aliphatic hydroxyl groups excluding tert-OH is 10. The molecule has 3 fully saturated rings. The molecule has 3 aromatic carbocycles. The second-order valence-electron chi connectivity index (χ2n) is 15.9. The van der Waals surface area contributed by atoms with Crippen molar-refractivity contribution in [3.63, 3.8) is 0 Å². The van der Waals surface area contributed by atoms with Gasteiger partial charge in [-0.1, -0.05) is 0 Å². The first-order chi connectivity index (χ1) is 32.9. The van der Waals surface area contributed by atoms with Gasteiger partial charge >= 0.3 is 5.97 Å². The second kappa shape index (κ2) is 21.4. The number of rotatable bonds is 15. The number of hydrogen-bond acceptors (Lipinski definition) is 25. The van der Waals surface area contributed by atoms with Crippen molar-refractivity contribution in [2.45, 2.75) is 92.1 Å².